The van der Waals surface area contributed by atoms with Crippen LogP contribution in [0.5, 0.6) is 0 Å². The largest absolute Gasteiger partial charge is 0.469 e. The van der Waals surface area contributed by atoms with Gasteiger partial charge in [-0.25, -0.2) is 0 Å². The quantitative estimate of drug-likeness (QED) is 0.795. The molecule has 0 fully saturated rings. The summed E-state index contributed by atoms with van der Waals surface area (Å²) < 4.78 is 4.87. The summed E-state index contributed by atoms with van der Waals surface area (Å²) in [4.78, 5) is 24.0. The highest BCUT2D eigenvalue weighted by atomic mass is 16.5. The first-order valence-corrected chi connectivity index (χ1v) is 7.94. The summed E-state index contributed by atoms with van der Waals surface area (Å²) in [7, 11) is 1.35. The summed E-state index contributed by atoms with van der Waals surface area (Å²) >= 11 is 0. The third kappa shape index (κ3) is 4.55. The van der Waals surface area contributed by atoms with Gasteiger partial charge in [0.15, 0.2) is 0 Å². The van der Waals surface area contributed by atoms with Gasteiger partial charge in [-0.3, -0.25) is 9.59 Å². The molecule has 24 heavy (non-hydrogen) atoms. The van der Waals surface area contributed by atoms with Gasteiger partial charge in [0, 0.05) is 6.54 Å². The van der Waals surface area contributed by atoms with Gasteiger partial charge in [0.1, 0.15) is 0 Å². The van der Waals surface area contributed by atoms with Gasteiger partial charge in [-0.1, -0.05) is 42.5 Å². The highest BCUT2D eigenvalue weighted by Crippen LogP contribution is 2.18. The molecule has 0 saturated heterocycles. The standard InChI is InChI=1S/C19H24N2O3/c1-19(2,20)18(23)21-12-16(17(22)24-3)11-13-8-9-14-6-4-5-7-15(14)10-13/h4-10,16H,11-12,20H2,1-3H3,(H,21,23). The lowest BCUT2D eigenvalue weighted by molar-refractivity contribution is -0.145. The molecule has 0 spiro atoms. The third-order valence-corrected chi connectivity index (χ3v) is 3.92. The monoisotopic (exact) mass is 328 g/mol. The number of nitrogens with one attached hydrogen (secondary N) is 1. The number of carbonyl (C=O) groups excluding carboxylic acids is 2. The molecule has 2 rings (SSSR count). The molecule has 2 aromatic carbocycles. The van der Waals surface area contributed by atoms with E-state index in [1.807, 2.05) is 36.4 Å². The number of nitrogens with two attached hydrogens (primary N) is 1. The fourth-order valence-corrected chi connectivity index (χ4v) is 2.50. The Morgan fingerprint density at radius 3 is 2.46 bits per heavy atom. The lowest BCUT2D eigenvalue weighted by Gasteiger charge is -2.21. The number of fused-ring (bicyclic) bond motifs is 1. The molecule has 0 aliphatic rings. The molecule has 0 radical (unpaired) electrons. The van der Waals surface area contributed by atoms with Crippen LogP contribution in [0.3, 0.4) is 0 Å². The van der Waals surface area contributed by atoms with Crippen LogP contribution in [0, 0.1) is 5.92 Å². The van der Waals surface area contributed by atoms with Gasteiger partial charge in [0.25, 0.3) is 0 Å². The normalized spacial score (nSPS) is 12.7. The summed E-state index contributed by atoms with van der Waals surface area (Å²) in [5, 5.41) is 4.99. The first-order valence-electron chi connectivity index (χ1n) is 7.94. The van der Waals surface area contributed by atoms with Gasteiger partial charge >= 0.3 is 5.97 Å². The van der Waals surface area contributed by atoms with Crippen LogP contribution >= 0.6 is 0 Å². The number of ether oxygens (including phenoxy) is 1. The summed E-state index contributed by atoms with van der Waals surface area (Å²) in [5.74, 6) is -1.10. The van der Waals surface area contributed by atoms with Crippen molar-refractivity contribution in [3.63, 3.8) is 0 Å². The molecule has 0 aliphatic heterocycles. The summed E-state index contributed by atoms with van der Waals surface area (Å²) in [6.45, 7) is 3.44. The van der Waals surface area contributed by atoms with Crippen LogP contribution in [0.4, 0.5) is 0 Å². The van der Waals surface area contributed by atoms with Gasteiger partial charge in [-0.2, -0.15) is 0 Å². The number of hydrogen-bond donors (Lipinski definition) is 2. The molecular formula is C19H24N2O3. The number of methoxy groups -OCH3 is 1. The van der Waals surface area contributed by atoms with E-state index in [0.29, 0.717) is 6.42 Å². The fraction of sp³-hybridized carbons (Fsp3) is 0.368. The maximum absolute atomic E-state index is 12.0. The van der Waals surface area contributed by atoms with E-state index in [0.717, 1.165) is 16.3 Å². The average Bonchev–Trinajstić information content (AvgIpc) is 2.56. The fourth-order valence-electron chi connectivity index (χ4n) is 2.50. The van der Waals surface area contributed by atoms with Crippen LogP contribution in [-0.2, 0) is 20.7 Å². The van der Waals surface area contributed by atoms with Gasteiger partial charge in [0.05, 0.1) is 18.6 Å². The highest BCUT2D eigenvalue weighted by molar-refractivity contribution is 5.86. The molecule has 1 amide bonds. The molecule has 1 atom stereocenters. The molecule has 5 nitrogen and oxygen atoms in total. The second-order valence-electron chi connectivity index (χ2n) is 6.54. The Labute approximate surface area is 142 Å². The minimum absolute atomic E-state index is 0.193. The maximum atomic E-state index is 12.0. The Hall–Kier alpha value is -2.40. The minimum atomic E-state index is -0.983. The van der Waals surface area contributed by atoms with Crippen molar-refractivity contribution in [1.82, 2.24) is 5.32 Å². The topological polar surface area (TPSA) is 81.4 Å². The molecule has 0 aromatic heterocycles. The Bertz CT molecular complexity index is 735. The van der Waals surface area contributed by atoms with Crippen molar-refractivity contribution >= 4 is 22.6 Å². The van der Waals surface area contributed by atoms with E-state index < -0.39 is 11.5 Å². The van der Waals surface area contributed by atoms with Crippen LogP contribution < -0.4 is 11.1 Å². The summed E-state index contributed by atoms with van der Waals surface area (Å²) in [6, 6.07) is 14.1. The van der Waals surface area contributed by atoms with E-state index in [4.69, 9.17) is 10.5 Å². The average molecular weight is 328 g/mol. The van der Waals surface area contributed by atoms with Crippen LogP contribution in [0.1, 0.15) is 19.4 Å². The number of esters is 1. The molecule has 0 bridgehead atoms. The van der Waals surface area contributed by atoms with Crippen LogP contribution in [-0.4, -0.2) is 31.1 Å². The van der Waals surface area contributed by atoms with Crippen LogP contribution in [0.2, 0.25) is 0 Å². The Morgan fingerprint density at radius 2 is 1.83 bits per heavy atom. The van der Waals surface area contributed by atoms with Crippen molar-refractivity contribution in [2.75, 3.05) is 13.7 Å². The predicted molar refractivity (Wildman–Crippen MR) is 94.4 cm³/mol. The predicted octanol–water partition coefficient (Wildman–Crippen LogP) is 2.02. The molecule has 5 heteroatoms. The van der Waals surface area contributed by atoms with Crippen molar-refractivity contribution in [1.29, 1.82) is 0 Å². The Balaban J connectivity index is 2.12. The molecule has 2 aromatic rings. The van der Waals surface area contributed by atoms with Crippen LogP contribution in [0.25, 0.3) is 10.8 Å². The van der Waals surface area contributed by atoms with E-state index in [9.17, 15) is 9.59 Å². The van der Waals surface area contributed by atoms with Gasteiger partial charge in [0.2, 0.25) is 5.91 Å². The van der Waals surface area contributed by atoms with Gasteiger partial charge < -0.3 is 15.8 Å². The van der Waals surface area contributed by atoms with E-state index in [-0.39, 0.29) is 18.4 Å². The van der Waals surface area contributed by atoms with Crippen molar-refractivity contribution in [2.24, 2.45) is 11.7 Å². The molecule has 0 heterocycles. The molecule has 0 saturated carbocycles. The number of rotatable bonds is 6. The molecule has 1 unspecified atom stereocenters. The lowest BCUT2D eigenvalue weighted by atomic mass is 9.96. The number of carbonyl (C=O) groups is 2. The lowest BCUT2D eigenvalue weighted by Crippen LogP contribution is -2.50. The van der Waals surface area contributed by atoms with Crippen molar-refractivity contribution in [3.8, 4) is 0 Å². The zero-order chi connectivity index (χ0) is 17.7. The second-order valence-corrected chi connectivity index (χ2v) is 6.54. The van der Waals surface area contributed by atoms with E-state index in [1.165, 1.54) is 7.11 Å². The summed E-state index contributed by atoms with van der Waals surface area (Å²) in [5.41, 5.74) is 5.80. The number of hydrogen-bond acceptors (Lipinski definition) is 4. The maximum Gasteiger partial charge on any atom is 0.310 e. The minimum Gasteiger partial charge on any atom is -0.469 e. The third-order valence-electron chi connectivity index (χ3n) is 3.92. The van der Waals surface area contributed by atoms with Crippen LogP contribution in [0.15, 0.2) is 42.5 Å². The van der Waals surface area contributed by atoms with Crippen molar-refractivity contribution < 1.29 is 14.3 Å². The molecule has 3 N–H and O–H groups in total. The number of amides is 1. The molecular weight excluding hydrogens is 304 g/mol. The SMILES string of the molecule is COC(=O)C(CNC(=O)C(C)(C)N)Cc1ccc2ccccc2c1. The van der Waals surface area contributed by atoms with Gasteiger partial charge in [-0.15, -0.1) is 0 Å². The molecule has 128 valence electrons. The van der Waals surface area contributed by atoms with E-state index in [1.54, 1.807) is 13.8 Å². The highest BCUT2D eigenvalue weighted by Gasteiger charge is 2.25. The number of benzene rings is 2. The Kier molecular flexibility index (Phi) is 5.57. The zero-order valence-electron chi connectivity index (χ0n) is 14.3. The smallest absolute Gasteiger partial charge is 0.310 e. The summed E-state index contributed by atoms with van der Waals surface area (Å²) in [6.07, 6.45) is 0.489. The Morgan fingerprint density at radius 1 is 1.17 bits per heavy atom. The van der Waals surface area contributed by atoms with E-state index in [2.05, 4.69) is 11.4 Å². The van der Waals surface area contributed by atoms with Crippen molar-refractivity contribution in [2.45, 2.75) is 25.8 Å². The molecule has 0 aliphatic carbocycles. The second kappa shape index (κ2) is 7.45. The van der Waals surface area contributed by atoms with E-state index >= 15 is 0 Å². The van der Waals surface area contributed by atoms with Crippen molar-refractivity contribution in [3.05, 3.63) is 48.0 Å². The van der Waals surface area contributed by atoms with Gasteiger partial charge in [-0.05, 0) is 36.6 Å². The zero-order valence-corrected chi connectivity index (χ0v) is 14.3. The first-order chi connectivity index (χ1) is 11.3. The first kappa shape index (κ1) is 17.9.